The lowest BCUT2D eigenvalue weighted by Crippen LogP contribution is -2.87. The number of nitrogens with zero attached hydrogens (tertiary/aromatic N) is 1. The average molecular weight is 373 g/mol. The van der Waals surface area contributed by atoms with E-state index in [0.717, 1.165) is 11.3 Å². The number of fused-ring (bicyclic) bond motifs is 1. The number of carbonyl (C=O) groups excluding carboxylic acids is 2. The van der Waals surface area contributed by atoms with Crippen molar-refractivity contribution in [3.05, 3.63) is 59.1 Å². The fraction of sp³-hybridized carbons (Fsp3) is 0.300. The number of nitrogens with two attached hydrogens (primary N) is 1. The topological polar surface area (TPSA) is 66.0 Å². The quantitative estimate of drug-likeness (QED) is 0.866. The van der Waals surface area contributed by atoms with Crippen LogP contribution in [-0.2, 0) is 9.59 Å². The van der Waals surface area contributed by atoms with Crippen molar-refractivity contribution in [2.24, 2.45) is 0 Å². The molecule has 0 saturated carbocycles. The predicted octanol–water partition coefficient (Wildman–Crippen LogP) is 2.73. The van der Waals surface area contributed by atoms with Gasteiger partial charge in [-0.3, -0.25) is 9.59 Å². The van der Waals surface area contributed by atoms with Crippen LogP contribution in [0.5, 0.6) is 0 Å². The fourth-order valence-corrected chi connectivity index (χ4v) is 3.37. The molecule has 2 aromatic carbocycles. The summed E-state index contributed by atoms with van der Waals surface area (Å²) in [4.78, 5) is 26.7. The maximum absolute atomic E-state index is 13.0. The van der Waals surface area contributed by atoms with Crippen molar-refractivity contribution >= 4 is 34.8 Å². The van der Waals surface area contributed by atoms with Gasteiger partial charge in [0.1, 0.15) is 6.04 Å². The molecule has 3 N–H and O–H groups in total. The normalized spacial score (nSPS) is 17.9. The van der Waals surface area contributed by atoms with Crippen molar-refractivity contribution in [3.8, 4) is 0 Å². The molecule has 1 aliphatic rings. The Morgan fingerprint density at radius 3 is 2.69 bits per heavy atom. The number of quaternary nitrogens is 1. The highest BCUT2D eigenvalue weighted by molar-refractivity contribution is 6.30. The van der Waals surface area contributed by atoms with Gasteiger partial charge in [0.05, 0.1) is 11.4 Å². The highest BCUT2D eigenvalue weighted by Crippen LogP contribution is 2.31. The van der Waals surface area contributed by atoms with E-state index in [1.807, 2.05) is 60.8 Å². The zero-order chi connectivity index (χ0) is 18.7. The highest BCUT2D eigenvalue weighted by Gasteiger charge is 2.30. The predicted molar refractivity (Wildman–Crippen MR) is 103 cm³/mol. The Bertz CT molecular complexity index is 807. The lowest BCUT2D eigenvalue weighted by molar-refractivity contribution is -0.682. The summed E-state index contributed by atoms with van der Waals surface area (Å²) in [7, 11) is 0. The zero-order valence-electron chi connectivity index (χ0n) is 14.9. The van der Waals surface area contributed by atoms with E-state index in [1.165, 1.54) is 0 Å². The minimum Gasteiger partial charge on any atom is -0.333 e. The third-order valence-electron chi connectivity index (χ3n) is 4.67. The van der Waals surface area contributed by atoms with Crippen LogP contribution in [0.2, 0.25) is 5.02 Å². The number of nitrogens with one attached hydrogen (secondary N) is 1. The van der Waals surface area contributed by atoms with E-state index in [-0.39, 0.29) is 30.3 Å². The second-order valence-corrected chi connectivity index (χ2v) is 7.10. The van der Waals surface area contributed by atoms with Gasteiger partial charge in [-0.2, -0.15) is 0 Å². The van der Waals surface area contributed by atoms with E-state index in [9.17, 15) is 9.59 Å². The van der Waals surface area contributed by atoms with Crippen molar-refractivity contribution in [2.45, 2.75) is 32.4 Å². The molecule has 0 unspecified atom stereocenters. The molecule has 6 heteroatoms. The van der Waals surface area contributed by atoms with Crippen LogP contribution in [0.15, 0.2) is 48.5 Å². The molecule has 0 bridgehead atoms. The second kappa shape index (κ2) is 7.89. The van der Waals surface area contributed by atoms with E-state index >= 15 is 0 Å². The van der Waals surface area contributed by atoms with Crippen molar-refractivity contribution in [1.29, 1.82) is 0 Å². The molecule has 0 radical (unpaired) electrons. The number of anilines is 2. The van der Waals surface area contributed by atoms with Crippen molar-refractivity contribution in [1.82, 2.24) is 0 Å². The van der Waals surface area contributed by atoms with Gasteiger partial charge in [0.25, 0.3) is 5.91 Å². The van der Waals surface area contributed by atoms with Crippen LogP contribution in [-0.4, -0.2) is 24.4 Å². The summed E-state index contributed by atoms with van der Waals surface area (Å²) in [5.41, 5.74) is 2.55. The third-order valence-corrected chi connectivity index (χ3v) is 4.92. The number of hydrogen-bond acceptors (Lipinski definition) is 2. The first-order valence-corrected chi connectivity index (χ1v) is 9.13. The van der Waals surface area contributed by atoms with E-state index < -0.39 is 0 Å². The van der Waals surface area contributed by atoms with Crippen molar-refractivity contribution in [3.63, 3.8) is 0 Å². The molecule has 0 spiro atoms. The van der Waals surface area contributed by atoms with Gasteiger partial charge in [-0.25, -0.2) is 0 Å². The van der Waals surface area contributed by atoms with Gasteiger partial charge in [-0.05, 0) is 38.1 Å². The largest absolute Gasteiger partial charge is 0.333 e. The van der Waals surface area contributed by atoms with Crippen LogP contribution in [0.25, 0.3) is 0 Å². The number of amides is 2. The van der Waals surface area contributed by atoms with Gasteiger partial charge in [0, 0.05) is 23.0 Å². The van der Waals surface area contributed by atoms with Crippen LogP contribution in [0, 0.1) is 0 Å². The fourth-order valence-electron chi connectivity index (χ4n) is 3.25. The van der Waals surface area contributed by atoms with Crippen LogP contribution in [0.4, 0.5) is 11.4 Å². The molecule has 136 valence electrons. The van der Waals surface area contributed by atoms with Crippen LogP contribution < -0.4 is 15.5 Å². The number of hydrogen-bond donors (Lipinski definition) is 2. The first-order chi connectivity index (χ1) is 12.5. The molecule has 2 aromatic rings. The molecule has 26 heavy (non-hydrogen) atoms. The Morgan fingerprint density at radius 1 is 1.27 bits per heavy atom. The standard InChI is InChI=1S/C20H22ClN3O2/c1-13-11-19(25)23-17-5-3-4-6-18(17)24(13)20(26)12-22-14(2)15-7-9-16(21)10-8-15/h3-10,13-14,22H,11-12H2,1-2H3,(H,23,25)/p+1/t13-,14+/m1/s1. The maximum atomic E-state index is 13.0. The molecule has 0 saturated heterocycles. The zero-order valence-corrected chi connectivity index (χ0v) is 15.7. The molecule has 0 aromatic heterocycles. The molecule has 5 nitrogen and oxygen atoms in total. The summed E-state index contributed by atoms with van der Waals surface area (Å²) in [6, 6.07) is 15.0. The Labute approximate surface area is 158 Å². The Balaban J connectivity index is 1.74. The van der Waals surface area contributed by atoms with Crippen molar-refractivity contribution < 1.29 is 14.9 Å². The molecule has 2 amide bonds. The summed E-state index contributed by atoms with van der Waals surface area (Å²) < 4.78 is 0. The molecule has 1 heterocycles. The lowest BCUT2D eigenvalue weighted by atomic mass is 10.1. The van der Waals surface area contributed by atoms with E-state index in [2.05, 4.69) is 12.2 Å². The third kappa shape index (κ3) is 4.06. The minimum absolute atomic E-state index is 0.0118. The van der Waals surface area contributed by atoms with Crippen molar-refractivity contribution in [2.75, 3.05) is 16.8 Å². The highest BCUT2D eigenvalue weighted by atomic mass is 35.5. The van der Waals surface area contributed by atoms with Crippen LogP contribution in [0.3, 0.4) is 0 Å². The molecule has 1 aliphatic heterocycles. The first-order valence-electron chi connectivity index (χ1n) is 8.75. The smallest absolute Gasteiger partial charge is 0.282 e. The Kier molecular flexibility index (Phi) is 5.59. The SMILES string of the molecule is C[C@H]([NH2+]CC(=O)N1c2ccccc2NC(=O)C[C@H]1C)c1ccc(Cl)cc1. The lowest BCUT2D eigenvalue weighted by Gasteiger charge is -2.27. The van der Waals surface area contributed by atoms with Gasteiger partial charge in [-0.1, -0.05) is 35.9 Å². The number of halogens is 1. The van der Waals surface area contributed by atoms with Crippen LogP contribution in [0.1, 0.15) is 31.9 Å². The Hall–Kier alpha value is -2.37. The van der Waals surface area contributed by atoms with E-state index in [4.69, 9.17) is 11.6 Å². The minimum atomic E-state index is -0.189. The monoisotopic (exact) mass is 372 g/mol. The molecule has 0 aliphatic carbocycles. The van der Waals surface area contributed by atoms with Gasteiger partial charge >= 0.3 is 0 Å². The molecule has 3 rings (SSSR count). The number of rotatable bonds is 4. The maximum Gasteiger partial charge on any atom is 0.282 e. The summed E-state index contributed by atoms with van der Waals surface area (Å²) in [6.45, 7) is 4.26. The Morgan fingerprint density at radius 2 is 1.96 bits per heavy atom. The molecule has 2 atom stereocenters. The molecular weight excluding hydrogens is 350 g/mol. The summed E-state index contributed by atoms with van der Waals surface area (Å²) in [6.07, 6.45) is 0.285. The summed E-state index contributed by atoms with van der Waals surface area (Å²) in [5.74, 6) is -0.0824. The summed E-state index contributed by atoms with van der Waals surface area (Å²) >= 11 is 5.93. The van der Waals surface area contributed by atoms with Gasteiger partial charge < -0.3 is 15.5 Å². The first kappa shape index (κ1) is 18.4. The molecule has 0 fully saturated rings. The molecular formula is C20H23ClN3O2+. The average Bonchev–Trinajstić information content (AvgIpc) is 2.74. The second-order valence-electron chi connectivity index (χ2n) is 6.66. The van der Waals surface area contributed by atoms with E-state index in [0.29, 0.717) is 17.3 Å². The van der Waals surface area contributed by atoms with Gasteiger partial charge in [-0.15, -0.1) is 0 Å². The van der Waals surface area contributed by atoms with Gasteiger partial charge in [0.2, 0.25) is 5.91 Å². The van der Waals surface area contributed by atoms with Gasteiger partial charge in [0.15, 0.2) is 6.54 Å². The number of para-hydroxylation sites is 2. The number of carbonyl (C=O) groups is 2. The summed E-state index contributed by atoms with van der Waals surface area (Å²) in [5, 5.41) is 5.58. The van der Waals surface area contributed by atoms with Crippen LogP contribution >= 0.6 is 11.6 Å². The van der Waals surface area contributed by atoms with E-state index in [1.54, 1.807) is 4.90 Å². The number of benzene rings is 2.